The number of urea groups is 1. The van der Waals surface area contributed by atoms with Crippen LogP contribution in [0.3, 0.4) is 0 Å². The molecule has 0 radical (unpaired) electrons. The molecule has 0 heterocycles. The largest absolute Gasteiger partial charge is 0.497 e. The van der Waals surface area contributed by atoms with Crippen LogP contribution < -0.4 is 20.1 Å². The van der Waals surface area contributed by atoms with Gasteiger partial charge in [0, 0.05) is 19.1 Å². The number of ether oxygens (including phenoxy) is 1. The van der Waals surface area contributed by atoms with Gasteiger partial charge in [-0.3, -0.25) is 0 Å². The molecule has 1 aromatic rings. The Balaban J connectivity index is 1.70. The van der Waals surface area contributed by atoms with E-state index in [1.807, 2.05) is 0 Å². The van der Waals surface area contributed by atoms with Crippen molar-refractivity contribution in [2.45, 2.75) is 55.9 Å². The standard InChI is InChI=1S/C18H29N3O4S/c1-25-16-9-11-17(12-10-16)26(23,24)20-14-13-19-18(22)21-15-7-5-3-2-4-6-8-15/h9-12,15,20H,2-8,13-14H2,1H3,(H2,19,21,22). The molecule has 2 rings (SSSR count). The summed E-state index contributed by atoms with van der Waals surface area (Å²) < 4.78 is 31.9. The SMILES string of the molecule is COc1ccc(S(=O)(=O)NCCNC(=O)NC2CCCCCCC2)cc1. The summed E-state index contributed by atoms with van der Waals surface area (Å²) in [7, 11) is -2.07. The van der Waals surface area contributed by atoms with E-state index in [4.69, 9.17) is 4.74 Å². The molecule has 1 aliphatic rings. The zero-order valence-electron chi connectivity index (χ0n) is 15.3. The molecule has 26 heavy (non-hydrogen) atoms. The van der Waals surface area contributed by atoms with Crippen molar-refractivity contribution in [1.29, 1.82) is 0 Å². The smallest absolute Gasteiger partial charge is 0.315 e. The zero-order valence-corrected chi connectivity index (χ0v) is 16.1. The number of methoxy groups -OCH3 is 1. The van der Waals surface area contributed by atoms with Crippen molar-refractivity contribution in [2.24, 2.45) is 0 Å². The fourth-order valence-corrected chi connectivity index (χ4v) is 4.07. The first-order valence-corrected chi connectivity index (χ1v) is 10.7. The first-order chi connectivity index (χ1) is 12.5. The molecule has 0 spiro atoms. The Morgan fingerprint density at radius 3 is 2.27 bits per heavy atom. The summed E-state index contributed by atoms with van der Waals surface area (Å²) in [5, 5.41) is 5.70. The fraction of sp³-hybridized carbons (Fsp3) is 0.611. The van der Waals surface area contributed by atoms with E-state index in [9.17, 15) is 13.2 Å². The Morgan fingerprint density at radius 2 is 1.65 bits per heavy atom. The third-order valence-corrected chi connectivity index (χ3v) is 5.99. The van der Waals surface area contributed by atoms with Crippen molar-refractivity contribution in [3.05, 3.63) is 24.3 Å². The number of rotatable bonds is 7. The van der Waals surface area contributed by atoms with E-state index < -0.39 is 10.0 Å². The normalized spacial score (nSPS) is 16.3. The maximum Gasteiger partial charge on any atom is 0.315 e. The van der Waals surface area contributed by atoms with Crippen LogP contribution >= 0.6 is 0 Å². The molecule has 1 aromatic carbocycles. The van der Waals surface area contributed by atoms with Crippen LogP contribution in [0, 0.1) is 0 Å². The van der Waals surface area contributed by atoms with Crippen LogP contribution in [0.25, 0.3) is 0 Å². The molecule has 0 aromatic heterocycles. The van der Waals surface area contributed by atoms with Gasteiger partial charge in [-0.25, -0.2) is 17.9 Å². The molecule has 0 saturated heterocycles. The van der Waals surface area contributed by atoms with Crippen LogP contribution in [0.1, 0.15) is 44.9 Å². The fourth-order valence-electron chi connectivity index (χ4n) is 3.04. The van der Waals surface area contributed by atoms with E-state index >= 15 is 0 Å². The van der Waals surface area contributed by atoms with Crippen LogP contribution in [-0.4, -0.2) is 40.7 Å². The molecule has 8 heteroatoms. The summed E-state index contributed by atoms with van der Waals surface area (Å²) in [5.41, 5.74) is 0. The number of benzene rings is 1. The van der Waals surface area contributed by atoms with E-state index in [1.165, 1.54) is 38.5 Å². The van der Waals surface area contributed by atoms with Crippen LogP contribution in [-0.2, 0) is 10.0 Å². The first kappa shape index (κ1) is 20.5. The predicted octanol–water partition coefficient (Wildman–Crippen LogP) is 2.39. The van der Waals surface area contributed by atoms with Gasteiger partial charge < -0.3 is 15.4 Å². The maximum atomic E-state index is 12.2. The molecule has 1 saturated carbocycles. The molecule has 3 N–H and O–H groups in total. The second-order valence-corrected chi connectivity index (χ2v) is 8.28. The van der Waals surface area contributed by atoms with E-state index in [-0.39, 0.29) is 30.1 Å². The summed E-state index contributed by atoms with van der Waals surface area (Å²) in [5.74, 6) is 0.594. The minimum Gasteiger partial charge on any atom is -0.497 e. The highest BCUT2D eigenvalue weighted by molar-refractivity contribution is 7.89. The van der Waals surface area contributed by atoms with Crippen molar-refractivity contribution in [3.8, 4) is 5.75 Å². The minimum atomic E-state index is -3.60. The molecule has 146 valence electrons. The van der Waals surface area contributed by atoms with Gasteiger partial charge in [0.05, 0.1) is 12.0 Å². The van der Waals surface area contributed by atoms with Gasteiger partial charge in [-0.15, -0.1) is 0 Å². The van der Waals surface area contributed by atoms with Gasteiger partial charge in [-0.1, -0.05) is 32.1 Å². The predicted molar refractivity (Wildman–Crippen MR) is 101 cm³/mol. The highest BCUT2D eigenvalue weighted by Crippen LogP contribution is 2.17. The molecule has 0 unspecified atom stereocenters. The van der Waals surface area contributed by atoms with Gasteiger partial charge in [-0.2, -0.15) is 0 Å². The Labute approximate surface area is 155 Å². The topological polar surface area (TPSA) is 96.5 Å². The molecule has 1 aliphatic carbocycles. The summed E-state index contributed by atoms with van der Waals surface area (Å²) in [6.07, 6.45) is 8.06. The quantitative estimate of drug-likeness (QED) is 0.630. The summed E-state index contributed by atoms with van der Waals surface area (Å²) in [6, 6.07) is 6.13. The van der Waals surface area contributed by atoms with E-state index in [1.54, 1.807) is 12.1 Å². The van der Waals surface area contributed by atoms with Crippen molar-refractivity contribution < 1.29 is 17.9 Å². The molecule has 7 nitrogen and oxygen atoms in total. The van der Waals surface area contributed by atoms with E-state index in [2.05, 4.69) is 15.4 Å². The average Bonchev–Trinajstić information content (AvgIpc) is 2.61. The van der Waals surface area contributed by atoms with Crippen LogP contribution in [0.15, 0.2) is 29.2 Å². The van der Waals surface area contributed by atoms with Crippen molar-refractivity contribution >= 4 is 16.1 Å². The lowest BCUT2D eigenvalue weighted by molar-refractivity contribution is 0.234. The monoisotopic (exact) mass is 383 g/mol. The summed E-state index contributed by atoms with van der Waals surface area (Å²) in [6.45, 7) is 0.361. The van der Waals surface area contributed by atoms with Gasteiger partial charge in [-0.05, 0) is 37.1 Å². The molecular weight excluding hydrogens is 354 g/mol. The van der Waals surface area contributed by atoms with Gasteiger partial charge >= 0.3 is 6.03 Å². The Bertz CT molecular complexity index is 654. The van der Waals surface area contributed by atoms with E-state index in [0.29, 0.717) is 5.75 Å². The highest BCUT2D eigenvalue weighted by atomic mass is 32.2. The molecule has 0 atom stereocenters. The Kier molecular flexibility index (Phi) is 8.18. The minimum absolute atomic E-state index is 0.131. The third-order valence-electron chi connectivity index (χ3n) is 4.51. The average molecular weight is 384 g/mol. The summed E-state index contributed by atoms with van der Waals surface area (Å²) >= 11 is 0. The van der Waals surface area contributed by atoms with Gasteiger partial charge in [0.2, 0.25) is 10.0 Å². The van der Waals surface area contributed by atoms with Crippen LogP contribution in [0.4, 0.5) is 4.79 Å². The number of carbonyl (C=O) groups is 1. The Morgan fingerprint density at radius 1 is 1.04 bits per heavy atom. The van der Waals surface area contributed by atoms with Gasteiger partial charge in [0.1, 0.15) is 5.75 Å². The highest BCUT2D eigenvalue weighted by Gasteiger charge is 2.15. The summed E-state index contributed by atoms with van der Waals surface area (Å²) in [4.78, 5) is 12.1. The van der Waals surface area contributed by atoms with Gasteiger partial charge in [0.15, 0.2) is 0 Å². The van der Waals surface area contributed by atoms with Crippen molar-refractivity contribution in [2.75, 3.05) is 20.2 Å². The Hall–Kier alpha value is -1.80. The number of carbonyl (C=O) groups excluding carboxylic acids is 1. The van der Waals surface area contributed by atoms with Crippen molar-refractivity contribution in [3.63, 3.8) is 0 Å². The lowest BCUT2D eigenvalue weighted by Gasteiger charge is -2.21. The van der Waals surface area contributed by atoms with Crippen LogP contribution in [0.2, 0.25) is 0 Å². The molecule has 0 bridgehead atoms. The maximum absolute atomic E-state index is 12.2. The third kappa shape index (κ3) is 6.84. The van der Waals surface area contributed by atoms with Crippen molar-refractivity contribution in [1.82, 2.24) is 15.4 Å². The number of hydrogen-bond acceptors (Lipinski definition) is 4. The molecule has 0 aliphatic heterocycles. The molecular formula is C18H29N3O4S. The number of amides is 2. The van der Waals surface area contributed by atoms with Crippen LogP contribution in [0.5, 0.6) is 5.75 Å². The number of hydrogen-bond donors (Lipinski definition) is 3. The molecule has 1 fully saturated rings. The number of nitrogens with one attached hydrogen (secondary N) is 3. The second kappa shape index (κ2) is 10.4. The lowest BCUT2D eigenvalue weighted by atomic mass is 9.97. The van der Waals surface area contributed by atoms with Gasteiger partial charge in [0.25, 0.3) is 0 Å². The lowest BCUT2D eigenvalue weighted by Crippen LogP contribution is -2.44. The van der Waals surface area contributed by atoms with E-state index in [0.717, 1.165) is 25.7 Å². The second-order valence-electron chi connectivity index (χ2n) is 6.52. The number of sulfonamides is 1. The molecule has 2 amide bonds. The first-order valence-electron chi connectivity index (χ1n) is 9.19. The zero-order chi connectivity index (χ0) is 18.8.